The molecule has 0 nitrogen and oxygen atoms in total. The monoisotopic (exact) mass is 352 g/mol. The van der Waals surface area contributed by atoms with Crippen molar-refractivity contribution in [2.75, 3.05) is 0 Å². The summed E-state index contributed by atoms with van der Waals surface area (Å²) in [5, 5.41) is 5.57. The van der Waals surface area contributed by atoms with E-state index < -0.39 is 0 Å². The summed E-state index contributed by atoms with van der Waals surface area (Å²) < 4.78 is 0. The Kier molecular flexibility index (Phi) is 5.53. The summed E-state index contributed by atoms with van der Waals surface area (Å²) in [6.07, 6.45) is 6.16. The van der Waals surface area contributed by atoms with Gasteiger partial charge in [-0.25, -0.2) is 0 Å². The lowest BCUT2D eigenvalue weighted by Gasteiger charge is -2.19. The van der Waals surface area contributed by atoms with Crippen LogP contribution in [0.1, 0.15) is 49.7 Å². The van der Waals surface area contributed by atoms with Crippen molar-refractivity contribution in [3.63, 3.8) is 0 Å². The molecule has 4 aromatic carbocycles. The zero-order chi connectivity index (χ0) is 18.5. The SMILES string of the molecule is CCCC(CCCc1cccc2ccccc12)c1cccc2ccccc12. The molecule has 0 spiro atoms. The van der Waals surface area contributed by atoms with Crippen LogP contribution in [0.4, 0.5) is 0 Å². The normalized spacial score (nSPS) is 12.5. The molecule has 0 aliphatic heterocycles. The van der Waals surface area contributed by atoms with Gasteiger partial charge in [0.25, 0.3) is 0 Å². The van der Waals surface area contributed by atoms with Crippen LogP contribution in [0.3, 0.4) is 0 Å². The highest BCUT2D eigenvalue weighted by Gasteiger charge is 2.14. The summed E-state index contributed by atoms with van der Waals surface area (Å²) in [5.74, 6) is 0.649. The first kappa shape index (κ1) is 17.8. The summed E-state index contributed by atoms with van der Waals surface area (Å²) in [4.78, 5) is 0. The van der Waals surface area contributed by atoms with Crippen LogP contribution in [0.15, 0.2) is 84.9 Å². The van der Waals surface area contributed by atoms with E-state index in [0.29, 0.717) is 5.92 Å². The molecular weight excluding hydrogens is 324 g/mol. The Labute approximate surface area is 162 Å². The van der Waals surface area contributed by atoms with Crippen LogP contribution in [-0.2, 0) is 6.42 Å². The Balaban J connectivity index is 1.54. The van der Waals surface area contributed by atoms with Gasteiger partial charge in [0.1, 0.15) is 0 Å². The fourth-order valence-corrected chi connectivity index (χ4v) is 4.46. The summed E-state index contributed by atoms with van der Waals surface area (Å²) >= 11 is 0. The maximum atomic E-state index is 2.35. The minimum Gasteiger partial charge on any atom is -0.0654 e. The number of fused-ring (bicyclic) bond motifs is 2. The van der Waals surface area contributed by atoms with E-state index in [9.17, 15) is 0 Å². The van der Waals surface area contributed by atoms with Crippen molar-refractivity contribution < 1.29 is 0 Å². The molecule has 0 amide bonds. The average Bonchev–Trinajstić information content (AvgIpc) is 2.73. The van der Waals surface area contributed by atoms with Crippen molar-refractivity contribution in [2.24, 2.45) is 0 Å². The van der Waals surface area contributed by atoms with Gasteiger partial charge in [-0.1, -0.05) is 98.3 Å². The van der Waals surface area contributed by atoms with Crippen molar-refractivity contribution >= 4 is 21.5 Å². The van der Waals surface area contributed by atoms with E-state index in [0.717, 1.165) is 6.42 Å². The molecule has 136 valence electrons. The molecule has 0 saturated carbocycles. The molecule has 0 saturated heterocycles. The molecule has 1 unspecified atom stereocenters. The first-order valence-corrected chi connectivity index (χ1v) is 10.3. The number of benzene rings is 4. The highest BCUT2D eigenvalue weighted by Crippen LogP contribution is 2.33. The van der Waals surface area contributed by atoms with Gasteiger partial charge < -0.3 is 0 Å². The Morgan fingerprint density at radius 1 is 0.630 bits per heavy atom. The lowest BCUT2D eigenvalue weighted by Crippen LogP contribution is -2.01. The topological polar surface area (TPSA) is 0 Å². The van der Waals surface area contributed by atoms with Crippen LogP contribution in [-0.4, -0.2) is 0 Å². The molecule has 0 aliphatic carbocycles. The molecule has 0 bridgehead atoms. The van der Waals surface area contributed by atoms with Gasteiger partial charge in [-0.15, -0.1) is 0 Å². The molecule has 0 aromatic heterocycles. The van der Waals surface area contributed by atoms with Gasteiger partial charge in [0.05, 0.1) is 0 Å². The van der Waals surface area contributed by atoms with Crippen molar-refractivity contribution in [2.45, 2.75) is 44.9 Å². The van der Waals surface area contributed by atoms with E-state index in [1.54, 1.807) is 0 Å². The third-order valence-electron chi connectivity index (χ3n) is 5.78. The van der Waals surface area contributed by atoms with Gasteiger partial charge in [-0.3, -0.25) is 0 Å². The Bertz CT molecular complexity index is 1020. The van der Waals surface area contributed by atoms with E-state index in [2.05, 4.69) is 91.9 Å². The maximum Gasteiger partial charge on any atom is -0.0149 e. The lowest BCUT2D eigenvalue weighted by molar-refractivity contribution is 0.549. The van der Waals surface area contributed by atoms with Crippen LogP contribution in [0, 0.1) is 0 Å². The standard InChI is InChI=1S/C27H28/c1-2-10-21(27-20-9-17-24-12-4-6-19-26(24)27)13-7-15-23-16-8-14-22-11-3-5-18-25(22)23/h3-6,8-9,11-12,14,16-21H,2,7,10,13,15H2,1H3. The molecule has 0 heterocycles. The average molecular weight is 353 g/mol. The van der Waals surface area contributed by atoms with Gasteiger partial charge in [0, 0.05) is 0 Å². The molecule has 0 aliphatic rings. The van der Waals surface area contributed by atoms with E-state index >= 15 is 0 Å². The fourth-order valence-electron chi connectivity index (χ4n) is 4.46. The highest BCUT2D eigenvalue weighted by molar-refractivity contribution is 5.86. The van der Waals surface area contributed by atoms with Crippen molar-refractivity contribution in [1.82, 2.24) is 0 Å². The van der Waals surface area contributed by atoms with Crippen LogP contribution in [0.5, 0.6) is 0 Å². The second-order valence-electron chi connectivity index (χ2n) is 7.58. The van der Waals surface area contributed by atoms with E-state index in [1.807, 2.05) is 0 Å². The first-order valence-electron chi connectivity index (χ1n) is 10.3. The number of aryl methyl sites for hydroxylation is 1. The number of hydrogen-bond acceptors (Lipinski definition) is 0. The molecule has 4 aromatic rings. The van der Waals surface area contributed by atoms with Crippen molar-refractivity contribution in [3.8, 4) is 0 Å². The third kappa shape index (κ3) is 3.90. The van der Waals surface area contributed by atoms with Crippen LogP contribution >= 0.6 is 0 Å². The second-order valence-corrected chi connectivity index (χ2v) is 7.58. The minimum atomic E-state index is 0.649. The molecule has 27 heavy (non-hydrogen) atoms. The third-order valence-corrected chi connectivity index (χ3v) is 5.78. The highest BCUT2D eigenvalue weighted by atomic mass is 14.2. The molecular formula is C27H28. The van der Waals surface area contributed by atoms with Crippen molar-refractivity contribution in [3.05, 3.63) is 96.1 Å². The summed E-state index contributed by atoms with van der Waals surface area (Å²) in [5.41, 5.74) is 3.02. The number of rotatable bonds is 7. The molecule has 1 atom stereocenters. The molecule has 0 radical (unpaired) electrons. The van der Waals surface area contributed by atoms with Gasteiger partial charge in [0.2, 0.25) is 0 Å². The van der Waals surface area contributed by atoms with E-state index in [1.165, 1.54) is 58.4 Å². The zero-order valence-electron chi connectivity index (χ0n) is 16.2. The molecule has 0 N–H and O–H groups in total. The van der Waals surface area contributed by atoms with Gasteiger partial charge in [-0.2, -0.15) is 0 Å². The molecule has 0 heteroatoms. The second kappa shape index (κ2) is 8.39. The van der Waals surface area contributed by atoms with E-state index in [4.69, 9.17) is 0 Å². The zero-order valence-corrected chi connectivity index (χ0v) is 16.2. The Hall–Kier alpha value is -2.60. The summed E-state index contributed by atoms with van der Waals surface area (Å²) in [6.45, 7) is 2.31. The summed E-state index contributed by atoms with van der Waals surface area (Å²) in [6, 6.07) is 31.1. The summed E-state index contributed by atoms with van der Waals surface area (Å²) in [7, 11) is 0. The molecule has 0 fully saturated rings. The largest absolute Gasteiger partial charge is 0.0654 e. The maximum absolute atomic E-state index is 2.35. The van der Waals surface area contributed by atoms with Crippen LogP contribution in [0.25, 0.3) is 21.5 Å². The molecule has 4 rings (SSSR count). The van der Waals surface area contributed by atoms with Crippen LogP contribution < -0.4 is 0 Å². The van der Waals surface area contributed by atoms with Gasteiger partial charge >= 0.3 is 0 Å². The van der Waals surface area contributed by atoms with Gasteiger partial charge in [0.15, 0.2) is 0 Å². The smallest absolute Gasteiger partial charge is 0.0149 e. The fraction of sp³-hybridized carbons (Fsp3) is 0.259. The van der Waals surface area contributed by atoms with Gasteiger partial charge in [-0.05, 0) is 64.3 Å². The van der Waals surface area contributed by atoms with Crippen molar-refractivity contribution in [1.29, 1.82) is 0 Å². The first-order chi connectivity index (χ1) is 13.4. The quantitative estimate of drug-likeness (QED) is 0.317. The lowest BCUT2D eigenvalue weighted by atomic mass is 9.86. The number of hydrogen-bond donors (Lipinski definition) is 0. The van der Waals surface area contributed by atoms with E-state index in [-0.39, 0.29) is 0 Å². The Morgan fingerprint density at radius 3 is 2.04 bits per heavy atom. The minimum absolute atomic E-state index is 0.649. The van der Waals surface area contributed by atoms with Crippen LogP contribution in [0.2, 0.25) is 0 Å². The predicted molar refractivity (Wildman–Crippen MR) is 118 cm³/mol. The Morgan fingerprint density at radius 2 is 1.26 bits per heavy atom. The predicted octanol–water partition coefficient (Wildman–Crippen LogP) is 7.90.